The molecule has 0 fully saturated rings. The summed E-state index contributed by atoms with van der Waals surface area (Å²) in [6, 6.07) is 9.02. The Hall–Kier alpha value is -2.77. The average molecular weight is 416 g/mol. The lowest BCUT2D eigenvalue weighted by molar-refractivity contribution is -0.115. The van der Waals surface area contributed by atoms with Crippen LogP contribution in [0.1, 0.15) is 34.1 Å². The van der Waals surface area contributed by atoms with Crippen LogP contribution in [-0.4, -0.2) is 21.8 Å². The van der Waals surface area contributed by atoms with Crippen LogP contribution in [0.4, 0.5) is 10.8 Å². The number of amides is 1. The van der Waals surface area contributed by atoms with E-state index in [2.05, 4.69) is 9.97 Å². The van der Waals surface area contributed by atoms with Crippen LogP contribution in [0, 0.1) is 13.8 Å². The molecule has 0 bridgehead atoms. The number of esters is 1. The average Bonchev–Trinajstić information content (AvgIpc) is 3.10. The van der Waals surface area contributed by atoms with Gasteiger partial charge in [0.25, 0.3) is 0 Å². The zero-order valence-corrected chi connectivity index (χ0v) is 17.2. The van der Waals surface area contributed by atoms with Crippen molar-refractivity contribution in [2.45, 2.75) is 27.4 Å². The lowest BCUT2D eigenvalue weighted by atomic mass is 10.1. The van der Waals surface area contributed by atoms with Gasteiger partial charge in [0, 0.05) is 18.5 Å². The van der Waals surface area contributed by atoms with Crippen molar-refractivity contribution < 1.29 is 14.3 Å². The number of nitrogens with zero attached hydrogens (tertiary/aromatic N) is 3. The van der Waals surface area contributed by atoms with Crippen LogP contribution in [0.2, 0.25) is 5.15 Å². The number of aromatic nitrogens is 2. The third kappa shape index (κ3) is 4.37. The van der Waals surface area contributed by atoms with Gasteiger partial charge in [-0.05, 0) is 37.6 Å². The lowest BCUT2D eigenvalue weighted by Crippen LogP contribution is -2.23. The molecular weight excluding hydrogens is 398 g/mol. The zero-order chi connectivity index (χ0) is 20.3. The van der Waals surface area contributed by atoms with Gasteiger partial charge in [-0.1, -0.05) is 29.3 Å². The lowest BCUT2D eigenvalue weighted by Gasteiger charge is -2.20. The number of hydrogen-bond acceptors (Lipinski definition) is 6. The Kier molecular flexibility index (Phi) is 6.06. The molecule has 144 valence electrons. The van der Waals surface area contributed by atoms with E-state index >= 15 is 0 Å². The summed E-state index contributed by atoms with van der Waals surface area (Å²) in [5, 5.41) is 2.36. The summed E-state index contributed by atoms with van der Waals surface area (Å²) in [5.74, 6) is -0.725. The summed E-state index contributed by atoms with van der Waals surface area (Å²) < 4.78 is 5.27. The summed E-state index contributed by atoms with van der Waals surface area (Å²) >= 11 is 7.21. The Labute approximate surface area is 171 Å². The fourth-order valence-corrected chi connectivity index (χ4v) is 3.75. The van der Waals surface area contributed by atoms with E-state index in [4.69, 9.17) is 16.3 Å². The maximum absolute atomic E-state index is 12.3. The SMILES string of the molecule is CC(=O)N(c1nc(COC(=O)c2cccnc2Cl)cs1)c1ccc(C)cc1C. The van der Waals surface area contributed by atoms with Crippen LogP contribution in [0.3, 0.4) is 0 Å². The molecule has 0 aliphatic rings. The van der Waals surface area contributed by atoms with Gasteiger partial charge in [-0.3, -0.25) is 9.69 Å². The van der Waals surface area contributed by atoms with E-state index in [9.17, 15) is 9.59 Å². The summed E-state index contributed by atoms with van der Waals surface area (Å²) in [5.41, 5.74) is 3.61. The number of benzene rings is 1. The minimum absolute atomic E-state index is 0.0286. The quantitative estimate of drug-likeness (QED) is 0.440. The fourth-order valence-electron chi connectivity index (χ4n) is 2.68. The molecule has 28 heavy (non-hydrogen) atoms. The normalized spacial score (nSPS) is 10.6. The van der Waals surface area contributed by atoms with E-state index in [1.165, 1.54) is 24.5 Å². The number of aryl methyl sites for hydroxylation is 2. The Morgan fingerprint density at radius 1 is 1.25 bits per heavy atom. The number of rotatable bonds is 5. The molecule has 2 aromatic heterocycles. The van der Waals surface area contributed by atoms with Crippen LogP contribution in [0.5, 0.6) is 0 Å². The highest BCUT2D eigenvalue weighted by molar-refractivity contribution is 7.14. The van der Waals surface area contributed by atoms with Crippen LogP contribution in [-0.2, 0) is 16.1 Å². The van der Waals surface area contributed by atoms with Crippen molar-refractivity contribution in [1.29, 1.82) is 0 Å². The van der Waals surface area contributed by atoms with Crippen molar-refractivity contribution in [2.24, 2.45) is 0 Å². The van der Waals surface area contributed by atoms with Crippen LogP contribution in [0.25, 0.3) is 0 Å². The molecule has 0 saturated heterocycles. The van der Waals surface area contributed by atoms with Crippen molar-refractivity contribution in [3.8, 4) is 0 Å². The van der Waals surface area contributed by atoms with Gasteiger partial charge >= 0.3 is 5.97 Å². The Morgan fingerprint density at radius 2 is 2.04 bits per heavy atom. The highest BCUT2D eigenvalue weighted by atomic mass is 35.5. The molecule has 1 aromatic carbocycles. The molecular formula is C20H18ClN3O3S. The first kappa shape index (κ1) is 20.0. The molecule has 0 radical (unpaired) electrons. The molecule has 8 heteroatoms. The maximum atomic E-state index is 12.3. The van der Waals surface area contributed by atoms with Gasteiger partial charge in [-0.2, -0.15) is 0 Å². The molecule has 0 N–H and O–H groups in total. The highest BCUT2D eigenvalue weighted by Gasteiger charge is 2.20. The number of carbonyl (C=O) groups excluding carboxylic acids is 2. The third-order valence-corrected chi connectivity index (χ3v) is 5.14. The summed E-state index contributed by atoms with van der Waals surface area (Å²) in [4.78, 5) is 34.3. The number of ether oxygens (including phenoxy) is 1. The minimum Gasteiger partial charge on any atom is -0.455 e. The van der Waals surface area contributed by atoms with E-state index < -0.39 is 5.97 Å². The van der Waals surface area contributed by atoms with Crippen LogP contribution < -0.4 is 4.90 Å². The molecule has 0 aliphatic heterocycles. The number of hydrogen-bond donors (Lipinski definition) is 0. The summed E-state index contributed by atoms with van der Waals surface area (Å²) in [6.45, 7) is 5.41. The van der Waals surface area contributed by atoms with Crippen LogP contribution in [0.15, 0.2) is 41.9 Å². The van der Waals surface area contributed by atoms with E-state index in [1.807, 2.05) is 32.0 Å². The summed E-state index contributed by atoms with van der Waals surface area (Å²) in [6.07, 6.45) is 1.50. The van der Waals surface area contributed by atoms with Gasteiger partial charge in [-0.25, -0.2) is 14.8 Å². The van der Waals surface area contributed by atoms with Crippen molar-refractivity contribution in [3.63, 3.8) is 0 Å². The fraction of sp³-hybridized carbons (Fsp3) is 0.200. The first-order chi connectivity index (χ1) is 13.4. The van der Waals surface area contributed by atoms with Gasteiger partial charge in [-0.15, -0.1) is 11.3 Å². The van der Waals surface area contributed by atoms with E-state index in [1.54, 1.807) is 22.4 Å². The standard InChI is InChI=1S/C20H18ClN3O3S/c1-12-6-7-17(13(2)9-12)24(14(3)25)20-23-15(11-28-20)10-27-19(26)16-5-4-8-22-18(16)21/h4-9,11H,10H2,1-3H3. The number of thiazole rings is 1. The second-order valence-electron chi connectivity index (χ2n) is 6.18. The number of carbonyl (C=O) groups is 2. The van der Waals surface area contributed by atoms with Gasteiger partial charge < -0.3 is 4.74 Å². The number of pyridine rings is 1. The van der Waals surface area contributed by atoms with E-state index in [-0.39, 0.29) is 23.2 Å². The van der Waals surface area contributed by atoms with Crippen molar-refractivity contribution in [2.75, 3.05) is 4.90 Å². The maximum Gasteiger partial charge on any atom is 0.341 e. The first-order valence-electron chi connectivity index (χ1n) is 8.47. The van der Waals surface area contributed by atoms with Gasteiger partial charge in [0.05, 0.1) is 16.9 Å². The Morgan fingerprint density at radius 3 is 2.71 bits per heavy atom. The number of halogens is 1. The molecule has 1 amide bonds. The summed E-state index contributed by atoms with van der Waals surface area (Å²) in [7, 11) is 0. The molecule has 0 unspecified atom stereocenters. The Balaban J connectivity index is 1.77. The van der Waals surface area contributed by atoms with E-state index in [0.717, 1.165) is 16.8 Å². The van der Waals surface area contributed by atoms with Gasteiger partial charge in [0.1, 0.15) is 11.8 Å². The predicted molar refractivity (Wildman–Crippen MR) is 109 cm³/mol. The van der Waals surface area contributed by atoms with Gasteiger partial charge in [0.2, 0.25) is 5.91 Å². The largest absolute Gasteiger partial charge is 0.455 e. The topological polar surface area (TPSA) is 72.4 Å². The molecule has 0 aliphatic carbocycles. The Bertz CT molecular complexity index is 1040. The van der Waals surface area contributed by atoms with Crippen LogP contribution >= 0.6 is 22.9 Å². The van der Waals surface area contributed by atoms with E-state index in [0.29, 0.717) is 10.8 Å². The van der Waals surface area contributed by atoms with Crippen molar-refractivity contribution in [3.05, 3.63) is 69.4 Å². The van der Waals surface area contributed by atoms with Crippen molar-refractivity contribution in [1.82, 2.24) is 9.97 Å². The molecule has 3 aromatic rings. The van der Waals surface area contributed by atoms with Gasteiger partial charge in [0.15, 0.2) is 5.13 Å². The third-order valence-electron chi connectivity index (χ3n) is 3.97. The molecule has 0 spiro atoms. The zero-order valence-electron chi connectivity index (χ0n) is 15.6. The molecule has 0 saturated carbocycles. The van der Waals surface area contributed by atoms with Crippen molar-refractivity contribution >= 4 is 45.6 Å². The molecule has 3 rings (SSSR count). The highest BCUT2D eigenvalue weighted by Crippen LogP contribution is 2.32. The minimum atomic E-state index is -0.578. The number of anilines is 2. The smallest absolute Gasteiger partial charge is 0.341 e. The second-order valence-corrected chi connectivity index (χ2v) is 7.38. The predicted octanol–water partition coefficient (Wildman–Crippen LogP) is 4.85. The molecule has 2 heterocycles. The first-order valence-corrected chi connectivity index (χ1v) is 9.72. The molecule has 0 atom stereocenters. The monoisotopic (exact) mass is 415 g/mol. The second kappa shape index (κ2) is 8.50. The molecule has 6 nitrogen and oxygen atoms in total.